The highest BCUT2D eigenvalue weighted by Crippen LogP contribution is 2.30. The normalized spacial score (nSPS) is 26.7. The largest absolute Gasteiger partial charge is 0.349 e. The van der Waals surface area contributed by atoms with Gasteiger partial charge in [0.05, 0.1) is 6.04 Å². The molecule has 0 aromatic carbocycles. The minimum atomic E-state index is -0.0753. The molecule has 86 valence electrons. The highest BCUT2D eigenvalue weighted by atomic mass is 16.2. The fourth-order valence-corrected chi connectivity index (χ4v) is 2.03. The van der Waals surface area contributed by atoms with Crippen molar-refractivity contribution in [2.45, 2.75) is 45.7 Å². The Kier molecular flexibility index (Phi) is 3.91. The van der Waals surface area contributed by atoms with Crippen LogP contribution in [0.4, 0.5) is 0 Å². The van der Waals surface area contributed by atoms with Crippen molar-refractivity contribution in [2.24, 2.45) is 5.41 Å². The van der Waals surface area contributed by atoms with E-state index in [2.05, 4.69) is 31.1 Å². The Labute approximate surface area is 92.3 Å². The van der Waals surface area contributed by atoms with Crippen molar-refractivity contribution in [1.29, 1.82) is 0 Å². The highest BCUT2D eigenvalue weighted by Gasteiger charge is 2.37. The molecule has 1 amide bonds. The van der Waals surface area contributed by atoms with Crippen molar-refractivity contribution in [1.82, 2.24) is 10.6 Å². The van der Waals surface area contributed by atoms with E-state index in [1.807, 2.05) is 6.92 Å². The van der Waals surface area contributed by atoms with Crippen LogP contribution in [0.5, 0.6) is 0 Å². The number of rotatable bonds is 3. The zero-order valence-corrected chi connectivity index (χ0v) is 9.97. The Balaban J connectivity index is 2.60. The summed E-state index contributed by atoms with van der Waals surface area (Å²) in [6.45, 7) is 10.8. The lowest BCUT2D eigenvalue weighted by Crippen LogP contribution is -2.56. The van der Waals surface area contributed by atoms with Gasteiger partial charge in [-0.25, -0.2) is 0 Å². The Morgan fingerprint density at radius 1 is 1.67 bits per heavy atom. The minimum absolute atomic E-state index is 0.0389. The van der Waals surface area contributed by atoms with E-state index in [-0.39, 0.29) is 23.4 Å². The van der Waals surface area contributed by atoms with Gasteiger partial charge in [-0.15, -0.1) is 6.58 Å². The molecule has 1 rings (SSSR count). The fourth-order valence-electron chi connectivity index (χ4n) is 2.03. The fraction of sp³-hybridized carbons (Fsp3) is 0.750. The SMILES string of the molecule is C=CC(C)NC(=O)C1NCCCC1(C)C. The van der Waals surface area contributed by atoms with Gasteiger partial charge in [0.25, 0.3) is 0 Å². The van der Waals surface area contributed by atoms with Gasteiger partial charge in [-0.2, -0.15) is 0 Å². The number of hydrogen-bond acceptors (Lipinski definition) is 2. The lowest BCUT2D eigenvalue weighted by Gasteiger charge is -2.38. The predicted octanol–water partition coefficient (Wildman–Crippen LogP) is 1.46. The van der Waals surface area contributed by atoms with Crippen LogP contribution >= 0.6 is 0 Å². The average molecular weight is 210 g/mol. The molecule has 0 aromatic heterocycles. The number of amides is 1. The Morgan fingerprint density at radius 2 is 2.33 bits per heavy atom. The van der Waals surface area contributed by atoms with Gasteiger partial charge in [0.2, 0.25) is 5.91 Å². The summed E-state index contributed by atoms with van der Waals surface area (Å²) in [5, 5.41) is 6.23. The van der Waals surface area contributed by atoms with Gasteiger partial charge >= 0.3 is 0 Å². The van der Waals surface area contributed by atoms with Crippen LogP contribution in [0.3, 0.4) is 0 Å². The molecule has 0 bridgehead atoms. The van der Waals surface area contributed by atoms with Crippen LogP contribution < -0.4 is 10.6 Å². The maximum absolute atomic E-state index is 12.0. The summed E-state index contributed by atoms with van der Waals surface area (Å²) in [5.74, 6) is 0.0899. The number of hydrogen-bond donors (Lipinski definition) is 2. The highest BCUT2D eigenvalue weighted by molar-refractivity contribution is 5.83. The van der Waals surface area contributed by atoms with Gasteiger partial charge in [-0.1, -0.05) is 19.9 Å². The average Bonchev–Trinajstić information content (AvgIpc) is 2.16. The summed E-state index contributed by atoms with van der Waals surface area (Å²) in [5.41, 5.74) is 0.0449. The molecule has 2 N–H and O–H groups in total. The van der Waals surface area contributed by atoms with E-state index in [0.717, 1.165) is 19.4 Å². The van der Waals surface area contributed by atoms with E-state index in [4.69, 9.17) is 0 Å². The van der Waals surface area contributed by atoms with E-state index < -0.39 is 0 Å². The first-order valence-corrected chi connectivity index (χ1v) is 5.63. The summed E-state index contributed by atoms with van der Waals surface area (Å²) in [6, 6.07) is -0.0364. The molecule has 1 saturated heterocycles. The molecular weight excluding hydrogens is 188 g/mol. The third-order valence-corrected chi connectivity index (χ3v) is 3.11. The summed E-state index contributed by atoms with van der Waals surface area (Å²) in [4.78, 5) is 12.0. The van der Waals surface area contributed by atoms with Gasteiger partial charge < -0.3 is 10.6 Å². The zero-order chi connectivity index (χ0) is 11.5. The van der Waals surface area contributed by atoms with E-state index in [1.165, 1.54) is 0 Å². The molecule has 1 heterocycles. The smallest absolute Gasteiger partial charge is 0.238 e. The van der Waals surface area contributed by atoms with Crippen LogP contribution in [0, 0.1) is 5.41 Å². The second-order valence-corrected chi connectivity index (χ2v) is 5.01. The molecule has 3 heteroatoms. The monoisotopic (exact) mass is 210 g/mol. The molecular formula is C12H22N2O. The number of piperidine rings is 1. The van der Waals surface area contributed by atoms with Crippen LogP contribution in [0.15, 0.2) is 12.7 Å². The second-order valence-electron chi connectivity index (χ2n) is 5.01. The van der Waals surface area contributed by atoms with Crippen LogP contribution in [-0.2, 0) is 4.79 Å². The summed E-state index contributed by atoms with van der Waals surface area (Å²) in [7, 11) is 0. The van der Waals surface area contributed by atoms with Gasteiger partial charge in [0.15, 0.2) is 0 Å². The molecule has 15 heavy (non-hydrogen) atoms. The number of carbonyl (C=O) groups excluding carboxylic acids is 1. The second kappa shape index (κ2) is 4.79. The van der Waals surface area contributed by atoms with E-state index in [1.54, 1.807) is 6.08 Å². The molecule has 0 aliphatic carbocycles. The standard InChI is InChI=1S/C12H22N2O/c1-5-9(2)14-11(15)10-12(3,4)7-6-8-13-10/h5,9-10,13H,1,6-8H2,2-4H3,(H,14,15). The van der Waals surface area contributed by atoms with Crippen molar-refractivity contribution in [3.05, 3.63) is 12.7 Å². The van der Waals surface area contributed by atoms with Gasteiger partial charge in [-0.05, 0) is 31.7 Å². The van der Waals surface area contributed by atoms with Crippen molar-refractivity contribution in [3.8, 4) is 0 Å². The molecule has 2 unspecified atom stereocenters. The van der Waals surface area contributed by atoms with Crippen molar-refractivity contribution in [3.63, 3.8) is 0 Å². The topological polar surface area (TPSA) is 41.1 Å². The molecule has 0 spiro atoms. The van der Waals surface area contributed by atoms with Crippen LogP contribution in [0.2, 0.25) is 0 Å². The minimum Gasteiger partial charge on any atom is -0.349 e. The Bertz CT molecular complexity index is 248. The van der Waals surface area contributed by atoms with Gasteiger partial charge in [-0.3, -0.25) is 4.79 Å². The van der Waals surface area contributed by atoms with E-state index in [9.17, 15) is 4.79 Å². The third-order valence-electron chi connectivity index (χ3n) is 3.11. The molecule has 0 saturated carbocycles. The molecule has 1 aliphatic rings. The lowest BCUT2D eigenvalue weighted by molar-refractivity contribution is -0.127. The molecule has 1 aliphatic heterocycles. The summed E-state index contributed by atoms with van der Waals surface area (Å²) in [6.07, 6.45) is 3.99. The van der Waals surface area contributed by atoms with Crippen molar-refractivity contribution in [2.75, 3.05) is 6.54 Å². The zero-order valence-electron chi connectivity index (χ0n) is 9.97. The quantitative estimate of drug-likeness (QED) is 0.692. The molecule has 2 atom stereocenters. The third kappa shape index (κ3) is 3.06. The maximum Gasteiger partial charge on any atom is 0.238 e. The summed E-state index contributed by atoms with van der Waals surface area (Å²) >= 11 is 0. The Morgan fingerprint density at radius 3 is 2.87 bits per heavy atom. The van der Waals surface area contributed by atoms with E-state index in [0.29, 0.717) is 0 Å². The Hall–Kier alpha value is -0.830. The van der Waals surface area contributed by atoms with Crippen LogP contribution in [0.25, 0.3) is 0 Å². The first-order chi connectivity index (χ1) is 6.97. The maximum atomic E-state index is 12.0. The van der Waals surface area contributed by atoms with Gasteiger partial charge in [0.1, 0.15) is 0 Å². The van der Waals surface area contributed by atoms with Gasteiger partial charge in [0, 0.05) is 6.04 Å². The lowest BCUT2D eigenvalue weighted by atomic mass is 9.77. The van der Waals surface area contributed by atoms with Crippen molar-refractivity contribution >= 4 is 5.91 Å². The predicted molar refractivity (Wildman–Crippen MR) is 62.6 cm³/mol. The first kappa shape index (κ1) is 12.2. The molecule has 1 fully saturated rings. The summed E-state index contributed by atoms with van der Waals surface area (Å²) < 4.78 is 0. The number of nitrogens with one attached hydrogen (secondary N) is 2. The molecule has 3 nitrogen and oxygen atoms in total. The van der Waals surface area contributed by atoms with Crippen molar-refractivity contribution < 1.29 is 4.79 Å². The van der Waals surface area contributed by atoms with E-state index >= 15 is 0 Å². The number of carbonyl (C=O) groups is 1. The van der Waals surface area contributed by atoms with Crippen LogP contribution in [0.1, 0.15) is 33.6 Å². The molecule has 0 aromatic rings. The first-order valence-electron chi connectivity index (χ1n) is 5.63. The molecule has 0 radical (unpaired) electrons. The van der Waals surface area contributed by atoms with Crippen LogP contribution in [-0.4, -0.2) is 24.5 Å².